The monoisotopic (exact) mass is 417 g/mol. The number of anilines is 2. The van der Waals surface area contributed by atoms with Crippen molar-refractivity contribution in [1.82, 2.24) is 20.2 Å². The number of hydrogen-bond donors (Lipinski definition) is 0. The highest BCUT2D eigenvalue weighted by Gasteiger charge is 2.19. The number of benzene rings is 3. The molecule has 0 aliphatic carbocycles. The molecule has 7 nitrogen and oxygen atoms in total. The lowest BCUT2D eigenvalue weighted by atomic mass is 10.2. The van der Waals surface area contributed by atoms with Crippen LogP contribution in [0.2, 0.25) is 0 Å². The highest BCUT2D eigenvalue weighted by molar-refractivity contribution is 7.99. The molecule has 4 aromatic rings. The van der Waals surface area contributed by atoms with Crippen molar-refractivity contribution >= 4 is 29.0 Å². The molecule has 0 aliphatic heterocycles. The second-order valence-corrected chi connectivity index (χ2v) is 7.20. The van der Waals surface area contributed by atoms with Crippen molar-refractivity contribution in [1.29, 1.82) is 0 Å². The van der Waals surface area contributed by atoms with Crippen molar-refractivity contribution in [3.8, 4) is 11.4 Å². The van der Waals surface area contributed by atoms with Gasteiger partial charge < -0.3 is 4.74 Å². The molecule has 0 N–H and O–H groups in total. The van der Waals surface area contributed by atoms with E-state index in [0.717, 1.165) is 22.8 Å². The van der Waals surface area contributed by atoms with Gasteiger partial charge in [-0.2, -0.15) is 4.68 Å². The van der Waals surface area contributed by atoms with Crippen LogP contribution in [-0.2, 0) is 4.79 Å². The Morgan fingerprint density at radius 2 is 1.53 bits per heavy atom. The average molecular weight is 417 g/mol. The molecule has 0 unspecified atom stereocenters. The molecule has 3 aromatic carbocycles. The van der Waals surface area contributed by atoms with Crippen molar-refractivity contribution in [2.45, 2.75) is 5.16 Å². The number of tetrazole rings is 1. The SMILES string of the molecule is COc1ccc(-n2nnnc2SCC(=O)N(c2ccccc2)c2ccccc2)cc1. The van der Waals surface area contributed by atoms with E-state index in [1.54, 1.807) is 16.7 Å². The third-order valence-electron chi connectivity index (χ3n) is 4.36. The van der Waals surface area contributed by atoms with E-state index in [0.29, 0.717) is 5.16 Å². The zero-order valence-electron chi connectivity index (χ0n) is 16.3. The topological polar surface area (TPSA) is 73.1 Å². The van der Waals surface area contributed by atoms with Crippen LogP contribution in [0.3, 0.4) is 0 Å². The third-order valence-corrected chi connectivity index (χ3v) is 5.26. The molecule has 1 amide bonds. The Hall–Kier alpha value is -3.65. The first kappa shape index (κ1) is 19.7. The molecule has 4 rings (SSSR count). The number of thioether (sulfide) groups is 1. The third kappa shape index (κ3) is 4.33. The Morgan fingerprint density at radius 1 is 0.933 bits per heavy atom. The molecular weight excluding hydrogens is 398 g/mol. The maximum absolute atomic E-state index is 13.2. The molecule has 30 heavy (non-hydrogen) atoms. The summed E-state index contributed by atoms with van der Waals surface area (Å²) in [5, 5.41) is 12.4. The van der Waals surface area contributed by atoms with Gasteiger partial charge in [0.2, 0.25) is 11.1 Å². The molecule has 1 heterocycles. The van der Waals surface area contributed by atoms with Crippen molar-refractivity contribution in [3.63, 3.8) is 0 Å². The summed E-state index contributed by atoms with van der Waals surface area (Å²) in [6.07, 6.45) is 0. The van der Waals surface area contributed by atoms with Crippen LogP contribution in [0.25, 0.3) is 5.69 Å². The van der Waals surface area contributed by atoms with Gasteiger partial charge in [0.1, 0.15) is 5.75 Å². The van der Waals surface area contributed by atoms with E-state index in [4.69, 9.17) is 4.74 Å². The van der Waals surface area contributed by atoms with Gasteiger partial charge in [-0.1, -0.05) is 48.2 Å². The first-order valence-corrected chi connectivity index (χ1v) is 10.2. The quantitative estimate of drug-likeness (QED) is 0.421. The smallest absolute Gasteiger partial charge is 0.242 e. The van der Waals surface area contributed by atoms with Crippen LogP contribution < -0.4 is 9.64 Å². The van der Waals surface area contributed by atoms with Gasteiger partial charge in [0.05, 0.1) is 18.6 Å². The van der Waals surface area contributed by atoms with Crippen LogP contribution in [0.4, 0.5) is 11.4 Å². The molecule has 0 bridgehead atoms. The number of para-hydroxylation sites is 2. The van der Waals surface area contributed by atoms with E-state index in [-0.39, 0.29) is 11.7 Å². The van der Waals surface area contributed by atoms with E-state index in [2.05, 4.69) is 15.5 Å². The number of amides is 1. The summed E-state index contributed by atoms with van der Waals surface area (Å²) in [7, 11) is 1.62. The molecular formula is C22H19N5O2S. The average Bonchev–Trinajstić information content (AvgIpc) is 3.28. The molecule has 0 saturated heterocycles. The molecule has 0 aliphatic rings. The molecule has 0 spiro atoms. The van der Waals surface area contributed by atoms with E-state index in [9.17, 15) is 4.79 Å². The first-order chi connectivity index (χ1) is 14.8. The second-order valence-electron chi connectivity index (χ2n) is 6.26. The second kappa shape index (κ2) is 9.23. The number of nitrogens with zero attached hydrogens (tertiary/aromatic N) is 5. The summed E-state index contributed by atoms with van der Waals surface area (Å²) < 4.78 is 6.79. The number of carbonyl (C=O) groups excluding carboxylic acids is 1. The zero-order valence-corrected chi connectivity index (χ0v) is 17.1. The Kier molecular flexibility index (Phi) is 6.05. The van der Waals surface area contributed by atoms with Gasteiger partial charge in [-0.15, -0.1) is 5.10 Å². The van der Waals surface area contributed by atoms with Crippen LogP contribution in [-0.4, -0.2) is 39.0 Å². The van der Waals surface area contributed by atoms with Crippen molar-refractivity contribution in [3.05, 3.63) is 84.9 Å². The maximum Gasteiger partial charge on any atom is 0.242 e. The molecule has 0 saturated carbocycles. The first-order valence-electron chi connectivity index (χ1n) is 9.25. The molecule has 150 valence electrons. The molecule has 0 fully saturated rings. The predicted octanol–water partition coefficient (Wildman–Crippen LogP) is 4.13. The van der Waals surface area contributed by atoms with Gasteiger partial charge in [0.25, 0.3) is 0 Å². The number of carbonyl (C=O) groups is 1. The highest BCUT2D eigenvalue weighted by Crippen LogP contribution is 2.27. The van der Waals surface area contributed by atoms with E-state index >= 15 is 0 Å². The summed E-state index contributed by atoms with van der Waals surface area (Å²) >= 11 is 1.29. The summed E-state index contributed by atoms with van der Waals surface area (Å²) in [5.74, 6) is 0.861. The van der Waals surface area contributed by atoms with Crippen molar-refractivity contribution in [2.24, 2.45) is 0 Å². The Labute approximate surface area is 178 Å². The number of methoxy groups -OCH3 is 1. The van der Waals surface area contributed by atoms with Gasteiger partial charge in [-0.3, -0.25) is 9.69 Å². The van der Waals surface area contributed by atoms with Crippen LogP contribution in [0.1, 0.15) is 0 Å². The lowest BCUT2D eigenvalue weighted by Gasteiger charge is -2.22. The van der Waals surface area contributed by atoms with Gasteiger partial charge in [-0.25, -0.2) is 0 Å². The molecule has 0 atom stereocenters. The van der Waals surface area contributed by atoms with Crippen LogP contribution in [0, 0.1) is 0 Å². The standard InChI is InChI=1S/C22H19N5O2S/c1-29-20-14-12-19(13-15-20)27-22(23-24-25-27)30-16-21(28)26(17-8-4-2-5-9-17)18-10-6-3-7-11-18/h2-15H,16H2,1H3. The summed E-state index contributed by atoms with van der Waals surface area (Å²) in [4.78, 5) is 14.9. The highest BCUT2D eigenvalue weighted by atomic mass is 32.2. The Balaban J connectivity index is 1.54. The molecule has 1 aromatic heterocycles. The summed E-state index contributed by atoms with van der Waals surface area (Å²) in [6.45, 7) is 0. The van der Waals surface area contributed by atoms with Gasteiger partial charge in [0.15, 0.2) is 0 Å². The Morgan fingerprint density at radius 3 is 2.10 bits per heavy atom. The van der Waals surface area contributed by atoms with Crippen molar-refractivity contribution < 1.29 is 9.53 Å². The lowest BCUT2D eigenvalue weighted by Crippen LogP contribution is -2.27. The minimum Gasteiger partial charge on any atom is -0.497 e. The fourth-order valence-corrected chi connectivity index (χ4v) is 3.68. The van der Waals surface area contributed by atoms with Gasteiger partial charge in [-0.05, 0) is 59.0 Å². The van der Waals surface area contributed by atoms with Gasteiger partial charge >= 0.3 is 0 Å². The summed E-state index contributed by atoms with van der Waals surface area (Å²) in [6, 6.07) is 26.6. The number of ether oxygens (including phenoxy) is 1. The fourth-order valence-electron chi connectivity index (χ4n) is 2.94. The van der Waals surface area contributed by atoms with E-state index in [1.165, 1.54) is 11.8 Å². The van der Waals surface area contributed by atoms with Crippen molar-refractivity contribution in [2.75, 3.05) is 17.8 Å². The Bertz CT molecular complexity index is 1060. The minimum atomic E-state index is -0.0679. The largest absolute Gasteiger partial charge is 0.497 e. The number of rotatable bonds is 7. The number of hydrogen-bond acceptors (Lipinski definition) is 6. The van der Waals surface area contributed by atoms with E-state index in [1.807, 2.05) is 84.9 Å². The van der Waals surface area contributed by atoms with Crippen LogP contribution in [0.15, 0.2) is 90.1 Å². The number of aromatic nitrogens is 4. The summed E-state index contributed by atoms with van der Waals surface area (Å²) in [5.41, 5.74) is 2.41. The minimum absolute atomic E-state index is 0.0679. The van der Waals surface area contributed by atoms with Gasteiger partial charge in [0, 0.05) is 11.4 Å². The van der Waals surface area contributed by atoms with E-state index < -0.39 is 0 Å². The van der Waals surface area contributed by atoms with Crippen LogP contribution in [0.5, 0.6) is 5.75 Å². The lowest BCUT2D eigenvalue weighted by molar-refractivity contribution is -0.115. The zero-order chi connectivity index (χ0) is 20.8. The molecule has 8 heteroatoms. The molecule has 0 radical (unpaired) electrons. The predicted molar refractivity (Wildman–Crippen MR) is 116 cm³/mol. The normalized spacial score (nSPS) is 10.6. The van der Waals surface area contributed by atoms with Crippen LogP contribution >= 0.6 is 11.8 Å². The fraction of sp³-hybridized carbons (Fsp3) is 0.0909. The maximum atomic E-state index is 13.2.